The van der Waals surface area contributed by atoms with Gasteiger partial charge in [0.1, 0.15) is 30.5 Å². The summed E-state index contributed by atoms with van der Waals surface area (Å²) >= 11 is 0. The molecule has 9 nitrogen and oxygen atoms in total. The van der Waals surface area contributed by atoms with Crippen LogP contribution in [-0.4, -0.2) is 89.6 Å². The Bertz CT molecular complexity index is 952. The highest BCUT2D eigenvalue weighted by atomic mass is 16.7. The van der Waals surface area contributed by atoms with E-state index >= 15 is 0 Å². The van der Waals surface area contributed by atoms with Gasteiger partial charge in [-0.3, -0.25) is 4.79 Å². The molecule has 6 atom stereocenters. The smallest absolute Gasteiger partial charge is 0.306 e. The van der Waals surface area contributed by atoms with Gasteiger partial charge in [0.15, 0.2) is 6.29 Å². The molecule has 0 saturated carbocycles. The molecule has 0 spiro atoms. The molecule has 4 N–H and O–H groups in total. The van der Waals surface area contributed by atoms with Gasteiger partial charge in [-0.15, -0.1) is 0 Å². The fourth-order valence-corrected chi connectivity index (χ4v) is 6.91. The number of rotatable bonds is 39. The Balaban J connectivity index is 2.16. The molecule has 0 aromatic rings. The van der Waals surface area contributed by atoms with E-state index in [1.54, 1.807) is 0 Å². The van der Waals surface area contributed by atoms with Crippen LogP contribution in [0, 0.1) is 0 Å². The van der Waals surface area contributed by atoms with E-state index in [0.29, 0.717) is 13.0 Å². The second-order valence-corrected chi connectivity index (χ2v) is 15.9. The molecule has 56 heavy (non-hydrogen) atoms. The van der Waals surface area contributed by atoms with E-state index in [1.165, 1.54) is 128 Å². The van der Waals surface area contributed by atoms with Crippen LogP contribution in [0.1, 0.15) is 194 Å². The van der Waals surface area contributed by atoms with Gasteiger partial charge >= 0.3 is 5.97 Å². The third-order valence-corrected chi connectivity index (χ3v) is 10.6. The summed E-state index contributed by atoms with van der Waals surface area (Å²) in [6, 6.07) is 0. The van der Waals surface area contributed by atoms with Crippen LogP contribution in [0.2, 0.25) is 0 Å². The Morgan fingerprint density at radius 2 is 1.04 bits per heavy atom. The van der Waals surface area contributed by atoms with Crippen LogP contribution in [0.3, 0.4) is 0 Å². The summed E-state index contributed by atoms with van der Waals surface area (Å²) in [4.78, 5) is 12.7. The van der Waals surface area contributed by atoms with Crippen molar-refractivity contribution in [1.29, 1.82) is 0 Å². The monoisotopic (exact) mass is 795 g/mol. The first-order valence-electron chi connectivity index (χ1n) is 23.1. The topological polar surface area (TPSA) is 135 Å². The molecular weight excluding hydrogens is 709 g/mol. The molecule has 1 saturated heterocycles. The second-order valence-electron chi connectivity index (χ2n) is 15.9. The average Bonchev–Trinajstić information content (AvgIpc) is 3.20. The summed E-state index contributed by atoms with van der Waals surface area (Å²) in [6.07, 6.45) is 39.0. The third kappa shape index (κ3) is 29.6. The van der Waals surface area contributed by atoms with E-state index < -0.39 is 43.4 Å². The number of esters is 1. The first-order valence-corrected chi connectivity index (χ1v) is 23.1. The summed E-state index contributed by atoms with van der Waals surface area (Å²) in [5.74, 6) is -0.319. The minimum atomic E-state index is -1.53. The Hall–Kier alpha value is -1.59. The number of hydrogen-bond acceptors (Lipinski definition) is 9. The number of aliphatic hydroxyl groups is 4. The third-order valence-electron chi connectivity index (χ3n) is 10.6. The number of aliphatic hydroxyl groups excluding tert-OH is 4. The first kappa shape index (κ1) is 52.4. The van der Waals surface area contributed by atoms with Crippen molar-refractivity contribution >= 4 is 5.97 Å². The minimum Gasteiger partial charge on any atom is -0.457 e. The summed E-state index contributed by atoms with van der Waals surface area (Å²) in [5.41, 5.74) is 0. The summed E-state index contributed by atoms with van der Waals surface area (Å²) in [7, 11) is 0. The normalized spacial score (nSPS) is 20.9. The molecule has 0 aromatic carbocycles. The number of hydrogen-bond donors (Lipinski definition) is 4. The van der Waals surface area contributed by atoms with Crippen molar-refractivity contribution < 1.29 is 44.2 Å². The quantitative estimate of drug-likeness (QED) is 0.0272. The Kier molecular flexibility index (Phi) is 36.4. The van der Waals surface area contributed by atoms with Crippen molar-refractivity contribution in [3.8, 4) is 0 Å². The zero-order valence-electron chi connectivity index (χ0n) is 35.9. The van der Waals surface area contributed by atoms with Crippen molar-refractivity contribution in [2.24, 2.45) is 0 Å². The lowest BCUT2D eigenvalue weighted by atomic mass is 9.99. The highest BCUT2D eigenvalue weighted by molar-refractivity contribution is 5.69. The molecule has 0 aliphatic carbocycles. The van der Waals surface area contributed by atoms with E-state index in [4.69, 9.17) is 18.9 Å². The van der Waals surface area contributed by atoms with E-state index in [1.807, 2.05) is 0 Å². The van der Waals surface area contributed by atoms with Crippen molar-refractivity contribution in [2.45, 2.75) is 230 Å². The van der Waals surface area contributed by atoms with Gasteiger partial charge in [-0.25, -0.2) is 0 Å². The summed E-state index contributed by atoms with van der Waals surface area (Å²) in [5, 5.41) is 40.0. The van der Waals surface area contributed by atoms with E-state index in [9.17, 15) is 25.2 Å². The Labute approximate surface area is 342 Å². The van der Waals surface area contributed by atoms with Gasteiger partial charge in [0.25, 0.3) is 0 Å². The van der Waals surface area contributed by atoms with E-state index in [2.05, 4.69) is 50.3 Å². The van der Waals surface area contributed by atoms with Crippen LogP contribution in [0.4, 0.5) is 0 Å². The van der Waals surface area contributed by atoms with Gasteiger partial charge in [0, 0.05) is 13.0 Å². The molecular formula is C47H86O9. The molecule has 9 heteroatoms. The fourth-order valence-electron chi connectivity index (χ4n) is 6.91. The predicted octanol–water partition coefficient (Wildman–Crippen LogP) is 10.4. The number of carbonyl (C=O) groups excluding carboxylic acids is 1. The molecule has 0 amide bonds. The van der Waals surface area contributed by atoms with Crippen LogP contribution >= 0.6 is 0 Å². The lowest BCUT2D eigenvalue weighted by Crippen LogP contribution is -2.59. The van der Waals surface area contributed by atoms with Crippen LogP contribution in [0.15, 0.2) is 36.5 Å². The summed E-state index contributed by atoms with van der Waals surface area (Å²) in [6.45, 7) is 4.52. The number of allylic oxidation sites excluding steroid dienone is 6. The van der Waals surface area contributed by atoms with E-state index in [-0.39, 0.29) is 19.2 Å². The fraction of sp³-hybridized carbons (Fsp3) is 0.851. The molecule has 1 aliphatic heterocycles. The number of ether oxygens (including phenoxy) is 4. The molecule has 0 bridgehead atoms. The van der Waals surface area contributed by atoms with Gasteiger partial charge in [-0.05, 0) is 51.4 Å². The maximum absolute atomic E-state index is 12.7. The van der Waals surface area contributed by atoms with Crippen molar-refractivity contribution in [3.05, 3.63) is 36.5 Å². The maximum Gasteiger partial charge on any atom is 0.306 e. The van der Waals surface area contributed by atoms with Crippen molar-refractivity contribution in [3.63, 3.8) is 0 Å². The number of carbonyl (C=O) groups is 1. The van der Waals surface area contributed by atoms with Crippen LogP contribution in [0.5, 0.6) is 0 Å². The SMILES string of the molecule is CCCCCCC/C=C\C/C=C\C/C=C\CCCCCCCCCCCCC(=O)OC(COCCCCCCCCCC)COC1OC(CO)C(O)C(O)C1O. The lowest BCUT2D eigenvalue weighted by molar-refractivity contribution is -0.305. The molecule has 328 valence electrons. The zero-order chi connectivity index (χ0) is 40.7. The summed E-state index contributed by atoms with van der Waals surface area (Å²) < 4.78 is 22.7. The van der Waals surface area contributed by atoms with Crippen molar-refractivity contribution in [2.75, 3.05) is 26.4 Å². The molecule has 1 heterocycles. The van der Waals surface area contributed by atoms with Gasteiger partial charge in [-0.1, -0.05) is 172 Å². The second kappa shape index (κ2) is 38.9. The Morgan fingerprint density at radius 3 is 1.55 bits per heavy atom. The standard InChI is InChI=1S/C47H86O9/c1-3-5-7-9-11-13-14-15-16-17-18-19-20-21-22-23-24-25-26-27-28-29-30-32-34-36-43(49)55-41(39-53-37-35-33-31-12-10-8-6-4-2)40-54-47-46(52)45(51)44(50)42(38-48)56-47/h14-15,17-18,20-21,41-42,44-48,50-52H,3-13,16,19,22-40H2,1-2H3/b15-14-,18-17-,21-20-. The van der Waals surface area contributed by atoms with E-state index in [0.717, 1.165) is 44.9 Å². The van der Waals surface area contributed by atoms with Crippen molar-refractivity contribution in [1.82, 2.24) is 0 Å². The average molecular weight is 795 g/mol. The molecule has 1 fully saturated rings. The predicted molar refractivity (Wildman–Crippen MR) is 228 cm³/mol. The van der Waals surface area contributed by atoms with Gasteiger partial charge in [-0.2, -0.15) is 0 Å². The molecule has 0 radical (unpaired) electrons. The molecule has 1 aliphatic rings. The van der Waals surface area contributed by atoms with Crippen LogP contribution in [0.25, 0.3) is 0 Å². The highest BCUT2D eigenvalue weighted by Crippen LogP contribution is 2.22. The number of unbranched alkanes of at least 4 members (excludes halogenated alkanes) is 22. The minimum absolute atomic E-state index is 0.113. The van der Waals surface area contributed by atoms with Gasteiger partial charge in [0.2, 0.25) is 0 Å². The highest BCUT2D eigenvalue weighted by Gasteiger charge is 2.44. The van der Waals surface area contributed by atoms with Crippen LogP contribution < -0.4 is 0 Å². The molecule has 1 rings (SSSR count). The van der Waals surface area contributed by atoms with Gasteiger partial charge in [0.05, 0.1) is 19.8 Å². The molecule has 0 aromatic heterocycles. The Morgan fingerprint density at radius 1 is 0.571 bits per heavy atom. The lowest BCUT2D eigenvalue weighted by Gasteiger charge is -2.39. The largest absolute Gasteiger partial charge is 0.457 e. The van der Waals surface area contributed by atoms with Crippen LogP contribution in [-0.2, 0) is 23.7 Å². The molecule has 6 unspecified atom stereocenters. The van der Waals surface area contributed by atoms with Gasteiger partial charge < -0.3 is 39.4 Å². The zero-order valence-corrected chi connectivity index (χ0v) is 35.9. The first-order chi connectivity index (χ1) is 27.4. The maximum atomic E-state index is 12.7.